The van der Waals surface area contributed by atoms with Crippen LogP contribution < -0.4 is 10.6 Å². The van der Waals surface area contributed by atoms with Gasteiger partial charge < -0.3 is 10.6 Å². The summed E-state index contributed by atoms with van der Waals surface area (Å²) in [7, 11) is 3.93. The number of aryl methyl sites for hydroxylation is 1. The van der Waals surface area contributed by atoms with E-state index in [2.05, 4.69) is 25.9 Å². The highest BCUT2D eigenvalue weighted by atomic mass is 79.9. The van der Waals surface area contributed by atoms with E-state index in [-0.39, 0.29) is 0 Å². The summed E-state index contributed by atoms with van der Waals surface area (Å²) >= 11 is 3.40. The number of nitrogen functional groups attached to an aromatic ring is 1. The van der Waals surface area contributed by atoms with E-state index < -0.39 is 0 Å². The van der Waals surface area contributed by atoms with E-state index in [9.17, 15) is 0 Å². The summed E-state index contributed by atoms with van der Waals surface area (Å²) in [4.78, 5) is 2.11. The van der Waals surface area contributed by atoms with Gasteiger partial charge in [-0.25, -0.2) is 0 Å². The quantitative estimate of drug-likeness (QED) is 0.885. The topological polar surface area (TPSA) is 47.1 Å². The normalized spacial score (nSPS) is 10.5. The molecule has 1 heterocycles. The molecular weight excluding hydrogens is 280 g/mol. The van der Waals surface area contributed by atoms with Crippen molar-refractivity contribution < 1.29 is 0 Å². The molecule has 0 spiro atoms. The molecule has 90 valence electrons. The Morgan fingerprint density at radius 1 is 1.47 bits per heavy atom. The Balaban J connectivity index is 2.17. The van der Waals surface area contributed by atoms with E-state index in [0.717, 1.165) is 28.0 Å². The molecule has 0 unspecified atom stereocenters. The van der Waals surface area contributed by atoms with E-state index >= 15 is 0 Å². The van der Waals surface area contributed by atoms with E-state index in [1.807, 2.05) is 44.7 Å². The minimum Gasteiger partial charge on any atom is -0.397 e. The molecule has 1 aromatic carbocycles. The van der Waals surface area contributed by atoms with Crippen LogP contribution in [0.3, 0.4) is 0 Å². The van der Waals surface area contributed by atoms with Gasteiger partial charge >= 0.3 is 0 Å². The van der Waals surface area contributed by atoms with Gasteiger partial charge in [0.1, 0.15) is 0 Å². The maximum Gasteiger partial charge on any atom is 0.0601 e. The predicted molar refractivity (Wildman–Crippen MR) is 73.9 cm³/mol. The Kier molecular flexibility index (Phi) is 3.38. The molecule has 0 radical (unpaired) electrons. The highest BCUT2D eigenvalue weighted by molar-refractivity contribution is 9.10. The standard InChI is InChI=1S/C12H15BrN4/c1-16(7-9-6-15-17(2)8-9)12-4-3-10(13)5-11(12)14/h3-6,8H,7,14H2,1-2H3. The van der Waals surface area contributed by atoms with Crippen molar-refractivity contribution in [2.24, 2.45) is 7.05 Å². The van der Waals surface area contributed by atoms with Gasteiger partial charge in [-0.2, -0.15) is 5.10 Å². The van der Waals surface area contributed by atoms with Crippen LogP contribution >= 0.6 is 15.9 Å². The van der Waals surface area contributed by atoms with Crippen molar-refractivity contribution in [1.82, 2.24) is 9.78 Å². The Bertz CT molecular complexity index is 521. The van der Waals surface area contributed by atoms with Crippen molar-refractivity contribution in [2.45, 2.75) is 6.54 Å². The van der Waals surface area contributed by atoms with Crippen molar-refractivity contribution in [1.29, 1.82) is 0 Å². The summed E-state index contributed by atoms with van der Waals surface area (Å²) < 4.78 is 2.79. The predicted octanol–water partition coefficient (Wildman–Crippen LogP) is 2.40. The molecule has 0 aliphatic heterocycles. The Morgan fingerprint density at radius 3 is 2.82 bits per heavy atom. The van der Waals surface area contributed by atoms with Gasteiger partial charge in [0.05, 0.1) is 17.6 Å². The number of rotatable bonds is 3. The first-order valence-electron chi connectivity index (χ1n) is 5.30. The van der Waals surface area contributed by atoms with Gasteiger partial charge in [0.15, 0.2) is 0 Å². The number of nitrogens with two attached hydrogens (primary N) is 1. The largest absolute Gasteiger partial charge is 0.397 e. The van der Waals surface area contributed by atoms with Crippen LogP contribution in [0.5, 0.6) is 0 Å². The third kappa shape index (κ3) is 2.79. The average molecular weight is 295 g/mol. The molecule has 0 saturated heterocycles. The lowest BCUT2D eigenvalue weighted by Gasteiger charge is -2.20. The molecular formula is C12H15BrN4. The molecule has 2 rings (SSSR count). The molecule has 0 aliphatic rings. The molecule has 0 amide bonds. The lowest BCUT2D eigenvalue weighted by atomic mass is 10.2. The summed E-state index contributed by atoms with van der Waals surface area (Å²) in [6.45, 7) is 0.791. The van der Waals surface area contributed by atoms with Gasteiger partial charge in [-0.1, -0.05) is 15.9 Å². The van der Waals surface area contributed by atoms with Crippen molar-refractivity contribution in [3.05, 3.63) is 40.6 Å². The zero-order valence-corrected chi connectivity index (χ0v) is 11.5. The van der Waals surface area contributed by atoms with Gasteiger partial charge in [0.2, 0.25) is 0 Å². The van der Waals surface area contributed by atoms with Crippen LogP contribution in [0.4, 0.5) is 11.4 Å². The Morgan fingerprint density at radius 2 is 2.24 bits per heavy atom. The fourth-order valence-electron chi connectivity index (χ4n) is 1.79. The zero-order valence-electron chi connectivity index (χ0n) is 9.89. The average Bonchev–Trinajstić information content (AvgIpc) is 2.63. The molecule has 17 heavy (non-hydrogen) atoms. The first-order chi connectivity index (χ1) is 8.06. The third-order valence-electron chi connectivity index (χ3n) is 2.58. The van der Waals surface area contributed by atoms with Crippen LogP contribution in [-0.2, 0) is 13.6 Å². The number of hydrogen-bond donors (Lipinski definition) is 1. The molecule has 1 aromatic heterocycles. The summed E-state index contributed by atoms with van der Waals surface area (Å²) in [6, 6.07) is 5.91. The van der Waals surface area contributed by atoms with Crippen molar-refractivity contribution in [2.75, 3.05) is 17.7 Å². The number of benzene rings is 1. The summed E-state index contributed by atoms with van der Waals surface area (Å²) in [5, 5.41) is 4.15. The highest BCUT2D eigenvalue weighted by Crippen LogP contribution is 2.26. The summed E-state index contributed by atoms with van der Waals surface area (Å²) in [5.41, 5.74) is 8.95. The van der Waals surface area contributed by atoms with Gasteiger partial charge in [0, 0.05) is 36.9 Å². The fraction of sp³-hybridized carbons (Fsp3) is 0.250. The van der Waals surface area contributed by atoms with Crippen LogP contribution in [0.2, 0.25) is 0 Å². The smallest absolute Gasteiger partial charge is 0.0601 e. The molecule has 2 N–H and O–H groups in total. The first kappa shape index (κ1) is 12.0. The lowest BCUT2D eigenvalue weighted by molar-refractivity contribution is 0.766. The first-order valence-corrected chi connectivity index (χ1v) is 6.09. The van der Waals surface area contributed by atoms with Gasteiger partial charge in [-0.3, -0.25) is 4.68 Å². The second-order valence-electron chi connectivity index (χ2n) is 4.08. The minimum absolute atomic E-state index is 0.769. The molecule has 0 atom stereocenters. The van der Waals surface area contributed by atoms with E-state index in [1.165, 1.54) is 0 Å². The lowest BCUT2D eigenvalue weighted by Crippen LogP contribution is -2.17. The molecule has 2 aromatic rings. The maximum absolute atomic E-state index is 5.99. The van der Waals surface area contributed by atoms with Crippen molar-refractivity contribution >= 4 is 27.3 Å². The van der Waals surface area contributed by atoms with Gasteiger partial charge in [-0.05, 0) is 18.2 Å². The number of halogens is 1. The second-order valence-corrected chi connectivity index (χ2v) is 5.00. The van der Waals surface area contributed by atoms with Crippen molar-refractivity contribution in [3.63, 3.8) is 0 Å². The Labute approximate surface area is 109 Å². The number of hydrogen-bond acceptors (Lipinski definition) is 3. The monoisotopic (exact) mass is 294 g/mol. The number of aromatic nitrogens is 2. The molecule has 0 aliphatic carbocycles. The molecule has 5 heteroatoms. The second kappa shape index (κ2) is 4.79. The molecule has 0 fully saturated rings. The van der Waals surface area contributed by atoms with Crippen LogP contribution in [-0.4, -0.2) is 16.8 Å². The highest BCUT2D eigenvalue weighted by Gasteiger charge is 2.07. The fourth-order valence-corrected chi connectivity index (χ4v) is 2.16. The van der Waals surface area contributed by atoms with Crippen LogP contribution in [0.15, 0.2) is 35.1 Å². The van der Waals surface area contributed by atoms with Crippen LogP contribution in [0.25, 0.3) is 0 Å². The van der Waals surface area contributed by atoms with E-state index in [4.69, 9.17) is 5.73 Å². The van der Waals surface area contributed by atoms with E-state index in [1.54, 1.807) is 4.68 Å². The number of nitrogens with zero attached hydrogens (tertiary/aromatic N) is 3. The number of anilines is 2. The van der Waals surface area contributed by atoms with E-state index in [0.29, 0.717) is 0 Å². The summed E-state index contributed by atoms with van der Waals surface area (Å²) in [6.07, 6.45) is 3.87. The zero-order chi connectivity index (χ0) is 12.4. The molecule has 0 saturated carbocycles. The van der Waals surface area contributed by atoms with Crippen LogP contribution in [0.1, 0.15) is 5.56 Å². The van der Waals surface area contributed by atoms with Crippen LogP contribution in [0, 0.1) is 0 Å². The Hall–Kier alpha value is -1.49. The summed E-state index contributed by atoms with van der Waals surface area (Å²) in [5.74, 6) is 0. The maximum atomic E-state index is 5.99. The van der Waals surface area contributed by atoms with Crippen molar-refractivity contribution in [3.8, 4) is 0 Å². The SMILES string of the molecule is CN(Cc1cnn(C)c1)c1ccc(Br)cc1N. The minimum atomic E-state index is 0.769. The molecule has 4 nitrogen and oxygen atoms in total. The molecule has 0 bridgehead atoms. The third-order valence-corrected chi connectivity index (χ3v) is 3.07. The van der Waals surface area contributed by atoms with Gasteiger partial charge in [-0.15, -0.1) is 0 Å². The van der Waals surface area contributed by atoms with Gasteiger partial charge in [0.25, 0.3) is 0 Å².